The molecule has 1 fully saturated rings. The number of hydrogen-bond donors (Lipinski definition) is 1. The van der Waals surface area contributed by atoms with Gasteiger partial charge in [-0.25, -0.2) is 0 Å². The lowest BCUT2D eigenvalue weighted by Gasteiger charge is -2.39. The number of nitrogens with zero attached hydrogens (tertiary/aromatic N) is 2. The first-order chi connectivity index (χ1) is 15.1. The summed E-state index contributed by atoms with van der Waals surface area (Å²) in [6, 6.07) is 11.5. The van der Waals surface area contributed by atoms with Crippen LogP contribution in [-0.2, 0) is 0 Å². The molecule has 2 aromatic rings. The summed E-state index contributed by atoms with van der Waals surface area (Å²) in [5.41, 5.74) is 3.62. The summed E-state index contributed by atoms with van der Waals surface area (Å²) in [4.78, 5) is 17.1. The summed E-state index contributed by atoms with van der Waals surface area (Å²) in [5, 5.41) is 10.5. The van der Waals surface area contributed by atoms with Crippen LogP contribution in [0.1, 0.15) is 60.3 Å². The summed E-state index contributed by atoms with van der Waals surface area (Å²) in [5.74, 6) is 0.939. The van der Waals surface area contributed by atoms with Crippen molar-refractivity contribution >= 4 is 17.5 Å². The van der Waals surface area contributed by atoms with Crippen molar-refractivity contribution in [1.29, 1.82) is 0 Å². The largest absolute Gasteiger partial charge is 0.493 e. The lowest BCUT2D eigenvalue weighted by molar-refractivity contribution is 0.0549. The molecule has 1 N–H and O–H groups in total. The van der Waals surface area contributed by atoms with Gasteiger partial charge in [0.1, 0.15) is 5.75 Å². The average Bonchev–Trinajstić information content (AvgIpc) is 2.76. The third-order valence-corrected chi connectivity index (χ3v) is 6.69. The maximum absolute atomic E-state index is 12.8. The number of carbonyl (C=O) groups is 1. The van der Waals surface area contributed by atoms with Crippen LogP contribution in [0, 0.1) is 13.8 Å². The molecule has 6 heteroatoms. The van der Waals surface area contributed by atoms with Crippen LogP contribution in [0.4, 0.5) is 0 Å². The van der Waals surface area contributed by atoms with Crippen LogP contribution in [0.25, 0.3) is 0 Å². The predicted molar refractivity (Wildman–Crippen MR) is 130 cm³/mol. The first-order valence-electron chi connectivity index (χ1n) is 11.3. The van der Waals surface area contributed by atoms with E-state index in [1.807, 2.05) is 11.0 Å². The Morgan fingerprint density at radius 2 is 1.69 bits per heavy atom. The first-order valence-corrected chi connectivity index (χ1v) is 11.7. The van der Waals surface area contributed by atoms with E-state index in [9.17, 15) is 9.90 Å². The van der Waals surface area contributed by atoms with Crippen LogP contribution in [0.3, 0.4) is 0 Å². The van der Waals surface area contributed by atoms with Crippen LogP contribution in [0.5, 0.6) is 5.75 Å². The van der Waals surface area contributed by atoms with Crippen molar-refractivity contribution in [2.45, 2.75) is 52.7 Å². The van der Waals surface area contributed by atoms with Gasteiger partial charge in [-0.05, 0) is 81.6 Å². The first kappa shape index (κ1) is 24.6. The lowest BCUT2D eigenvalue weighted by atomic mass is 9.96. The Morgan fingerprint density at radius 3 is 2.28 bits per heavy atom. The SMILES string of the molecule is Cc1c(OCCC(C)(C)O)ccc(C(C)N2CCN(C(=O)c3ccc(Cl)cc3)CC2)c1C. The quantitative estimate of drug-likeness (QED) is 0.633. The van der Waals surface area contributed by atoms with Gasteiger partial charge < -0.3 is 14.7 Å². The number of rotatable bonds is 7. The lowest BCUT2D eigenvalue weighted by Crippen LogP contribution is -2.49. The van der Waals surface area contributed by atoms with Gasteiger partial charge >= 0.3 is 0 Å². The number of halogens is 1. The van der Waals surface area contributed by atoms with E-state index in [0.29, 0.717) is 36.7 Å². The number of piperazine rings is 1. The van der Waals surface area contributed by atoms with Gasteiger partial charge in [-0.1, -0.05) is 17.7 Å². The minimum Gasteiger partial charge on any atom is -0.493 e. The predicted octanol–water partition coefficient (Wildman–Crippen LogP) is 5.02. The molecule has 0 spiro atoms. The Balaban J connectivity index is 1.60. The van der Waals surface area contributed by atoms with E-state index in [4.69, 9.17) is 16.3 Å². The van der Waals surface area contributed by atoms with Gasteiger partial charge in [0.2, 0.25) is 0 Å². The molecule has 0 bridgehead atoms. The molecular weight excluding hydrogens is 424 g/mol. The second-order valence-electron chi connectivity index (χ2n) is 9.32. The van der Waals surface area contributed by atoms with E-state index >= 15 is 0 Å². The molecule has 0 aliphatic carbocycles. The summed E-state index contributed by atoms with van der Waals surface area (Å²) < 4.78 is 5.94. The van der Waals surface area contributed by atoms with E-state index in [-0.39, 0.29) is 11.9 Å². The molecule has 1 atom stereocenters. The molecule has 5 nitrogen and oxygen atoms in total. The average molecular weight is 459 g/mol. The third kappa shape index (κ3) is 6.03. The fraction of sp³-hybridized carbons (Fsp3) is 0.500. The van der Waals surface area contributed by atoms with E-state index < -0.39 is 5.60 Å². The molecule has 0 radical (unpaired) electrons. The van der Waals surface area contributed by atoms with Crippen molar-refractivity contribution in [2.24, 2.45) is 0 Å². The summed E-state index contributed by atoms with van der Waals surface area (Å²) in [6.07, 6.45) is 0.586. The molecule has 0 aromatic heterocycles. The Hall–Kier alpha value is -2.08. The molecule has 32 heavy (non-hydrogen) atoms. The number of benzene rings is 2. The standard InChI is InChI=1S/C26H35ClN2O3/c1-18-19(2)24(32-17-12-26(4,5)31)11-10-23(18)20(3)28-13-15-29(16-14-28)25(30)21-6-8-22(27)9-7-21/h6-11,20,31H,12-17H2,1-5H3. The fourth-order valence-electron chi connectivity index (χ4n) is 4.12. The van der Waals surface area contributed by atoms with E-state index in [0.717, 1.165) is 24.4 Å². The highest BCUT2D eigenvalue weighted by Crippen LogP contribution is 2.31. The van der Waals surface area contributed by atoms with Gasteiger partial charge in [-0.3, -0.25) is 9.69 Å². The number of ether oxygens (including phenoxy) is 1. The summed E-state index contributed by atoms with van der Waals surface area (Å²) in [7, 11) is 0. The van der Waals surface area contributed by atoms with Crippen LogP contribution in [0.2, 0.25) is 5.02 Å². The molecular formula is C26H35ClN2O3. The fourth-order valence-corrected chi connectivity index (χ4v) is 4.25. The highest BCUT2D eigenvalue weighted by molar-refractivity contribution is 6.30. The van der Waals surface area contributed by atoms with Gasteiger partial charge in [-0.2, -0.15) is 0 Å². The van der Waals surface area contributed by atoms with Crippen molar-refractivity contribution in [2.75, 3.05) is 32.8 Å². The van der Waals surface area contributed by atoms with Crippen LogP contribution >= 0.6 is 11.6 Å². The molecule has 3 rings (SSSR count). The smallest absolute Gasteiger partial charge is 0.253 e. The minimum absolute atomic E-state index is 0.0635. The van der Waals surface area contributed by atoms with Crippen LogP contribution < -0.4 is 4.74 Å². The normalized spacial score (nSPS) is 16.2. The van der Waals surface area contributed by atoms with Crippen molar-refractivity contribution in [3.63, 3.8) is 0 Å². The minimum atomic E-state index is -0.728. The molecule has 1 aliphatic rings. The van der Waals surface area contributed by atoms with Gasteiger partial charge in [0.15, 0.2) is 0 Å². The van der Waals surface area contributed by atoms with Crippen molar-refractivity contribution < 1.29 is 14.6 Å². The Morgan fingerprint density at radius 1 is 1.06 bits per heavy atom. The molecule has 1 aliphatic heterocycles. The zero-order chi connectivity index (χ0) is 23.5. The van der Waals surface area contributed by atoms with E-state index in [1.165, 1.54) is 11.1 Å². The van der Waals surface area contributed by atoms with Gasteiger partial charge in [0.05, 0.1) is 12.2 Å². The molecule has 1 saturated heterocycles. The van der Waals surface area contributed by atoms with Gasteiger partial charge in [0, 0.05) is 49.2 Å². The zero-order valence-corrected chi connectivity index (χ0v) is 20.6. The molecule has 174 valence electrons. The molecule has 0 saturated carbocycles. The molecule has 2 aromatic carbocycles. The van der Waals surface area contributed by atoms with Crippen molar-refractivity contribution in [1.82, 2.24) is 9.80 Å². The van der Waals surface area contributed by atoms with E-state index in [1.54, 1.807) is 38.1 Å². The van der Waals surface area contributed by atoms with Crippen molar-refractivity contribution in [3.8, 4) is 5.75 Å². The third-order valence-electron chi connectivity index (χ3n) is 6.44. The van der Waals surface area contributed by atoms with Gasteiger partial charge in [0.25, 0.3) is 5.91 Å². The second kappa shape index (κ2) is 10.2. The number of amides is 1. The van der Waals surface area contributed by atoms with Crippen molar-refractivity contribution in [3.05, 3.63) is 63.7 Å². The highest BCUT2D eigenvalue weighted by Gasteiger charge is 2.26. The Labute approximate surface area is 196 Å². The molecule has 1 unspecified atom stereocenters. The zero-order valence-electron chi connectivity index (χ0n) is 19.8. The van der Waals surface area contributed by atoms with Gasteiger partial charge in [-0.15, -0.1) is 0 Å². The number of hydrogen-bond acceptors (Lipinski definition) is 4. The number of aliphatic hydroxyl groups is 1. The summed E-state index contributed by atoms with van der Waals surface area (Å²) >= 11 is 5.94. The van der Waals surface area contributed by atoms with Crippen LogP contribution in [-0.4, -0.2) is 59.2 Å². The second-order valence-corrected chi connectivity index (χ2v) is 9.76. The monoisotopic (exact) mass is 458 g/mol. The Kier molecular flexibility index (Phi) is 7.86. The molecule has 1 amide bonds. The van der Waals surface area contributed by atoms with Crippen LogP contribution in [0.15, 0.2) is 36.4 Å². The molecule has 1 heterocycles. The summed E-state index contributed by atoms with van der Waals surface area (Å²) in [6.45, 7) is 13.6. The maximum atomic E-state index is 12.8. The Bertz CT molecular complexity index is 929. The maximum Gasteiger partial charge on any atom is 0.253 e. The topological polar surface area (TPSA) is 53.0 Å². The van der Waals surface area contributed by atoms with E-state index in [2.05, 4.69) is 31.7 Å². The number of carbonyl (C=O) groups excluding carboxylic acids is 1. The highest BCUT2D eigenvalue weighted by atomic mass is 35.5.